The third-order valence-electron chi connectivity index (χ3n) is 5.75. The van der Waals surface area contributed by atoms with E-state index in [1.54, 1.807) is 6.07 Å². The molecule has 200 valence electrons. The van der Waals surface area contributed by atoms with Gasteiger partial charge in [-0.2, -0.15) is 0 Å². The van der Waals surface area contributed by atoms with E-state index >= 15 is 0 Å². The first-order chi connectivity index (χ1) is 18.6. The monoisotopic (exact) mass is 595 g/mol. The molecule has 0 radical (unpaired) electrons. The first-order valence-corrected chi connectivity index (χ1v) is 12.4. The number of carbonyl (C=O) groups excluding carboxylic acids is 4. The number of hydrogen-bond donors (Lipinski definition) is 2. The van der Waals surface area contributed by atoms with Gasteiger partial charge < -0.3 is 14.8 Å². The Labute approximate surface area is 231 Å². The van der Waals surface area contributed by atoms with Crippen molar-refractivity contribution in [3.8, 4) is 11.5 Å². The number of nitrogens with zero attached hydrogens (tertiary/aromatic N) is 1. The van der Waals surface area contributed by atoms with Crippen LogP contribution in [0.1, 0.15) is 16.7 Å². The fourth-order valence-electron chi connectivity index (χ4n) is 3.89. The maximum Gasteiger partial charge on any atom is 0.335 e. The molecule has 1 aliphatic rings. The predicted octanol–water partition coefficient (Wildman–Crippen LogP) is 4.90. The van der Waals surface area contributed by atoms with Gasteiger partial charge in [0.05, 0.1) is 17.3 Å². The highest BCUT2D eigenvalue weighted by Crippen LogP contribution is 2.37. The number of methoxy groups -OCH3 is 1. The van der Waals surface area contributed by atoms with E-state index in [2.05, 4.69) is 26.6 Å². The van der Waals surface area contributed by atoms with Gasteiger partial charge in [0.15, 0.2) is 18.1 Å². The summed E-state index contributed by atoms with van der Waals surface area (Å²) in [6.07, 6.45) is 1.28. The lowest BCUT2D eigenvalue weighted by Crippen LogP contribution is -2.54. The van der Waals surface area contributed by atoms with Crippen LogP contribution in [0.2, 0.25) is 0 Å². The van der Waals surface area contributed by atoms with E-state index < -0.39 is 23.7 Å². The Morgan fingerprint density at radius 1 is 1.08 bits per heavy atom. The van der Waals surface area contributed by atoms with Crippen LogP contribution in [0.5, 0.6) is 11.5 Å². The SMILES string of the molecule is COc1cc(/C=C2\C(=O)NC(=O)N(c3ccc(F)cc3)C2=O)cc(Br)c1OCC(=O)Nc1ccc(C)cc1C. The average Bonchev–Trinajstić information content (AvgIpc) is 2.88. The second-order valence-corrected chi connectivity index (χ2v) is 9.48. The number of carbonyl (C=O) groups is 4. The van der Waals surface area contributed by atoms with Gasteiger partial charge in [-0.3, -0.25) is 19.7 Å². The van der Waals surface area contributed by atoms with Crippen molar-refractivity contribution in [2.24, 2.45) is 0 Å². The molecule has 2 N–H and O–H groups in total. The van der Waals surface area contributed by atoms with Gasteiger partial charge in [0.1, 0.15) is 11.4 Å². The highest BCUT2D eigenvalue weighted by molar-refractivity contribution is 9.10. The maximum absolute atomic E-state index is 13.3. The fourth-order valence-corrected chi connectivity index (χ4v) is 4.46. The number of imide groups is 2. The first kappa shape index (κ1) is 27.5. The van der Waals surface area contributed by atoms with Crippen molar-refractivity contribution in [2.75, 3.05) is 23.9 Å². The zero-order valence-electron chi connectivity index (χ0n) is 21.1. The number of urea groups is 1. The molecule has 5 amide bonds. The summed E-state index contributed by atoms with van der Waals surface area (Å²) >= 11 is 3.38. The third-order valence-corrected chi connectivity index (χ3v) is 6.34. The summed E-state index contributed by atoms with van der Waals surface area (Å²) in [4.78, 5) is 51.2. The number of benzene rings is 3. The zero-order chi connectivity index (χ0) is 28.3. The van der Waals surface area contributed by atoms with Crippen LogP contribution in [0.3, 0.4) is 0 Å². The fraction of sp³-hybridized carbons (Fsp3) is 0.143. The number of ether oxygens (including phenoxy) is 2. The molecule has 0 aliphatic carbocycles. The number of barbiturate groups is 1. The molecule has 4 rings (SSSR count). The zero-order valence-corrected chi connectivity index (χ0v) is 22.7. The molecule has 9 nitrogen and oxygen atoms in total. The van der Waals surface area contributed by atoms with Crippen molar-refractivity contribution in [3.05, 3.63) is 87.2 Å². The molecule has 0 atom stereocenters. The van der Waals surface area contributed by atoms with Gasteiger partial charge in [0.2, 0.25) is 0 Å². The molecular formula is C28H23BrFN3O6. The Kier molecular flexibility index (Phi) is 8.10. The molecule has 0 bridgehead atoms. The third kappa shape index (κ3) is 6.15. The number of hydrogen-bond acceptors (Lipinski definition) is 6. The molecule has 1 saturated heterocycles. The van der Waals surface area contributed by atoms with Gasteiger partial charge in [-0.25, -0.2) is 14.1 Å². The second-order valence-electron chi connectivity index (χ2n) is 8.62. The molecular weight excluding hydrogens is 573 g/mol. The highest BCUT2D eigenvalue weighted by Gasteiger charge is 2.37. The Morgan fingerprint density at radius 3 is 2.46 bits per heavy atom. The quantitative estimate of drug-likeness (QED) is 0.297. The summed E-state index contributed by atoms with van der Waals surface area (Å²) in [5, 5.41) is 4.91. The van der Waals surface area contributed by atoms with Crippen LogP contribution in [0.25, 0.3) is 6.08 Å². The van der Waals surface area contributed by atoms with E-state index in [0.29, 0.717) is 15.7 Å². The summed E-state index contributed by atoms with van der Waals surface area (Å²) in [6.45, 7) is 3.55. The number of nitrogens with one attached hydrogen (secondary N) is 2. The molecule has 0 spiro atoms. The Bertz CT molecular complexity index is 1520. The lowest BCUT2D eigenvalue weighted by atomic mass is 10.1. The molecule has 1 heterocycles. The van der Waals surface area contributed by atoms with Crippen LogP contribution in [0.4, 0.5) is 20.6 Å². The Balaban J connectivity index is 1.55. The number of rotatable bonds is 7. The minimum atomic E-state index is -0.949. The van der Waals surface area contributed by atoms with Crippen molar-refractivity contribution in [2.45, 2.75) is 13.8 Å². The Hall–Kier alpha value is -4.51. The second kappa shape index (κ2) is 11.5. The largest absolute Gasteiger partial charge is 0.493 e. The van der Waals surface area contributed by atoms with Gasteiger partial charge in [-0.05, 0) is 89.4 Å². The average molecular weight is 596 g/mol. The standard InChI is InChI=1S/C28H23BrFN3O6/c1-15-4-9-22(16(2)10-15)31-24(34)14-39-25-21(29)12-17(13-23(25)38-3)11-20-26(35)32-28(37)33(27(20)36)19-7-5-18(30)6-8-19/h4-13H,14H2,1-3H3,(H,31,34)(H,32,35,37)/b20-11+. The summed E-state index contributed by atoms with van der Waals surface area (Å²) in [6, 6.07) is 12.5. The lowest BCUT2D eigenvalue weighted by molar-refractivity contribution is -0.122. The molecule has 3 aromatic carbocycles. The van der Waals surface area contributed by atoms with Crippen LogP contribution < -0.4 is 25.0 Å². The van der Waals surface area contributed by atoms with Gasteiger partial charge in [-0.1, -0.05) is 17.7 Å². The Morgan fingerprint density at radius 2 is 1.79 bits per heavy atom. The highest BCUT2D eigenvalue weighted by atomic mass is 79.9. The number of halogens is 2. The van der Waals surface area contributed by atoms with Gasteiger partial charge in [-0.15, -0.1) is 0 Å². The summed E-state index contributed by atoms with van der Waals surface area (Å²) < 4.78 is 24.8. The maximum atomic E-state index is 13.3. The smallest absolute Gasteiger partial charge is 0.335 e. The first-order valence-electron chi connectivity index (χ1n) is 11.6. The van der Waals surface area contributed by atoms with Crippen LogP contribution in [0.15, 0.2) is 64.6 Å². The van der Waals surface area contributed by atoms with E-state index in [1.807, 2.05) is 32.0 Å². The van der Waals surface area contributed by atoms with E-state index in [0.717, 1.165) is 28.2 Å². The molecule has 0 unspecified atom stereocenters. The van der Waals surface area contributed by atoms with E-state index in [1.165, 1.54) is 31.4 Å². The molecule has 11 heteroatoms. The van der Waals surface area contributed by atoms with E-state index in [-0.39, 0.29) is 35.3 Å². The normalized spacial score (nSPS) is 14.3. The van der Waals surface area contributed by atoms with Crippen LogP contribution in [-0.4, -0.2) is 37.5 Å². The van der Waals surface area contributed by atoms with Crippen molar-refractivity contribution >= 4 is 57.1 Å². The van der Waals surface area contributed by atoms with Crippen molar-refractivity contribution < 1.29 is 33.0 Å². The van der Waals surface area contributed by atoms with Gasteiger partial charge in [0.25, 0.3) is 17.7 Å². The number of aryl methyl sites for hydroxylation is 2. The topological polar surface area (TPSA) is 114 Å². The number of amides is 5. The van der Waals surface area contributed by atoms with Crippen LogP contribution >= 0.6 is 15.9 Å². The van der Waals surface area contributed by atoms with E-state index in [9.17, 15) is 23.6 Å². The molecule has 39 heavy (non-hydrogen) atoms. The summed E-state index contributed by atoms with van der Waals surface area (Å²) in [5.74, 6) is -2.23. The molecule has 0 saturated carbocycles. The van der Waals surface area contributed by atoms with Crippen LogP contribution in [-0.2, 0) is 14.4 Å². The summed E-state index contributed by atoms with van der Waals surface area (Å²) in [5.41, 5.74) is 2.81. The molecule has 0 aromatic heterocycles. The lowest BCUT2D eigenvalue weighted by Gasteiger charge is -2.26. The van der Waals surface area contributed by atoms with Gasteiger partial charge in [0, 0.05) is 5.69 Å². The molecule has 1 aliphatic heterocycles. The van der Waals surface area contributed by atoms with E-state index in [4.69, 9.17) is 9.47 Å². The van der Waals surface area contributed by atoms with Gasteiger partial charge >= 0.3 is 6.03 Å². The molecule has 3 aromatic rings. The van der Waals surface area contributed by atoms with Crippen molar-refractivity contribution in [1.29, 1.82) is 0 Å². The van der Waals surface area contributed by atoms with Crippen molar-refractivity contribution in [1.82, 2.24) is 5.32 Å². The minimum Gasteiger partial charge on any atom is -0.493 e. The molecule has 1 fully saturated rings. The van der Waals surface area contributed by atoms with Crippen molar-refractivity contribution in [3.63, 3.8) is 0 Å². The predicted molar refractivity (Wildman–Crippen MR) is 146 cm³/mol. The summed E-state index contributed by atoms with van der Waals surface area (Å²) in [7, 11) is 1.40. The van der Waals surface area contributed by atoms with Crippen LogP contribution in [0, 0.1) is 19.7 Å². The minimum absolute atomic E-state index is 0.0962. The number of anilines is 2.